The Morgan fingerprint density at radius 2 is 1.76 bits per heavy atom. The number of benzene rings is 2. The monoisotopic (exact) mass is 477 g/mol. The van der Waals surface area contributed by atoms with E-state index in [-0.39, 0.29) is 28.1 Å². The summed E-state index contributed by atoms with van der Waals surface area (Å²) in [4.78, 5) is 21.6. The van der Waals surface area contributed by atoms with Gasteiger partial charge in [-0.15, -0.1) is 0 Å². The summed E-state index contributed by atoms with van der Waals surface area (Å²) in [6.45, 7) is 4.71. The molecule has 9 heteroatoms. The molecule has 1 fully saturated rings. The van der Waals surface area contributed by atoms with Gasteiger partial charge in [-0.1, -0.05) is 32.0 Å². The number of carbonyl (C=O) groups excluding carboxylic acids is 1. The lowest BCUT2D eigenvalue weighted by atomic mass is 9.78. The first-order chi connectivity index (χ1) is 16.1. The van der Waals surface area contributed by atoms with E-state index in [9.17, 15) is 13.2 Å². The Morgan fingerprint density at radius 1 is 1.09 bits per heavy atom. The normalized spacial score (nSPS) is 17.4. The van der Waals surface area contributed by atoms with E-state index >= 15 is 0 Å². The molecule has 3 N–H and O–H groups in total. The second-order valence-corrected chi connectivity index (χ2v) is 11.6. The van der Waals surface area contributed by atoms with Crippen LogP contribution in [-0.2, 0) is 15.4 Å². The van der Waals surface area contributed by atoms with E-state index in [2.05, 4.69) is 24.1 Å². The van der Waals surface area contributed by atoms with Gasteiger partial charge in [-0.3, -0.25) is 4.79 Å². The third kappa shape index (κ3) is 3.84. The van der Waals surface area contributed by atoms with Crippen molar-refractivity contribution in [2.24, 2.45) is 0 Å². The van der Waals surface area contributed by atoms with E-state index in [0.29, 0.717) is 23.5 Å². The fourth-order valence-corrected chi connectivity index (χ4v) is 5.71. The average Bonchev–Trinajstić information content (AvgIpc) is 3.67. The van der Waals surface area contributed by atoms with Crippen LogP contribution in [-0.4, -0.2) is 48.2 Å². The van der Waals surface area contributed by atoms with E-state index in [4.69, 9.17) is 10.7 Å². The van der Waals surface area contributed by atoms with Gasteiger partial charge in [-0.05, 0) is 42.7 Å². The molecular weight excluding hydrogens is 450 g/mol. The van der Waals surface area contributed by atoms with Crippen molar-refractivity contribution in [1.29, 1.82) is 0 Å². The second-order valence-electron chi connectivity index (χ2n) is 9.59. The molecule has 5 rings (SSSR count). The Morgan fingerprint density at radius 3 is 2.44 bits per heavy atom. The summed E-state index contributed by atoms with van der Waals surface area (Å²) in [5, 5.41) is 2.92. The molecule has 0 spiro atoms. The minimum absolute atomic E-state index is 0.0870. The van der Waals surface area contributed by atoms with E-state index in [1.165, 1.54) is 4.31 Å². The van der Waals surface area contributed by atoms with Crippen molar-refractivity contribution >= 4 is 21.7 Å². The largest absolute Gasteiger partial charge is 0.382 e. The molecule has 0 saturated heterocycles. The number of nitrogens with two attached hydrogens (primary N) is 1. The number of sulfonamides is 1. The van der Waals surface area contributed by atoms with Crippen LogP contribution in [0.4, 0.5) is 5.82 Å². The van der Waals surface area contributed by atoms with Crippen LogP contribution in [0.1, 0.15) is 42.6 Å². The van der Waals surface area contributed by atoms with Gasteiger partial charge in [-0.25, -0.2) is 18.4 Å². The summed E-state index contributed by atoms with van der Waals surface area (Å²) in [5.74, 6) is 0.197. The number of nitrogens with zero attached hydrogens (tertiary/aromatic N) is 3. The highest BCUT2D eigenvalue weighted by molar-refractivity contribution is 7.89. The van der Waals surface area contributed by atoms with Crippen molar-refractivity contribution < 1.29 is 13.2 Å². The standard InChI is InChI=1S/C25H27N5O3S/c1-25(2)14-28-24(31)19-11-6-16(12-20(19)25)22-23(26)27-13-21(29-22)15-4-9-18(10-5-15)34(32,33)30(3)17-7-8-17/h4-6,9-13,17H,7-8,14H2,1-3H3,(H2,26,27)(H,28,31). The van der Waals surface area contributed by atoms with Gasteiger partial charge in [0.1, 0.15) is 11.5 Å². The Balaban J connectivity index is 1.50. The zero-order valence-corrected chi connectivity index (χ0v) is 20.2. The highest BCUT2D eigenvalue weighted by atomic mass is 32.2. The van der Waals surface area contributed by atoms with Crippen LogP contribution in [0, 0.1) is 0 Å². The smallest absolute Gasteiger partial charge is 0.251 e. The van der Waals surface area contributed by atoms with Crippen LogP contribution in [0.2, 0.25) is 0 Å². The molecule has 1 aliphatic carbocycles. The zero-order chi connectivity index (χ0) is 24.3. The molecule has 34 heavy (non-hydrogen) atoms. The molecule has 1 saturated carbocycles. The van der Waals surface area contributed by atoms with Crippen molar-refractivity contribution in [3.63, 3.8) is 0 Å². The van der Waals surface area contributed by atoms with E-state index in [1.54, 1.807) is 43.6 Å². The lowest BCUT2D eigenvalue weighted by Gasteiger charge is -2.32. The van der Waals surface area contributed by atoms with Gasteiger partial charge in [0, 0.05) is 41.7 Å². The van der Waals surface area contributed by atoms with Crippen molar-refractivity contribution in [1.82, 2.24) is 19.6 Å². The Hall–Kier alpha value is -3.30. The fourth-order valence-electron chi connectivity index (χ4n) is 4.29. The van der Waals surface area contributed by atoms with Gasteiger partial charge in [0.05, 0.1) is 16.8 Å². The molecule has 2 aliphatic rings. The van der Waals surface area contributed by atoms with Crippen molar-refractivity contribution in [2.75, 3.05) is 19.3 Å². The molecule has 1 aromatic heterocycles. The number of rotatable bonds is 5. The van der Waals surface area contributed by atoms with Gasteiger partial charge >= 0.3 is 0 Å². The molecule has 1 amide bonds. The molecular formula is C25H27N5O3S. The van der Waals surface area contributed by atoms with Crippen molar-refractivity contribution in [2.45, 2.75) is 43.0 Å². The average molecular weight is 478 g/mol. The number of hydrogen-bond acceptors (Lipinski definition) is 6. The minimum atomic E-state index is -3.51. The minimum Gasteiger partial charge on any atom is -0.382 e. The van der Waals surface area contributed by atoms with Gasteiger partial charge < -0.3 is 11.1 Å². The van der Waals surface area contributed by atoms with Gasteiger partial charge in [0.15, 0.2) is 0 Å². The fraction of sp³-hybridized carbons (Fsp3) is 0.320. The summed E-state index contributed by atoms with van der Waals surface area (Å²) < 4.78 is 27.0. The van der Waals surface area contributed by atoms with Crippen LogP contribution in [0.25, 0.3) is 22.5 Å². The number of amides is 1. The van der Waals surface area contributed by atoms with Crippen LogP contribution in [0.5, 0.6) is 0 Å². The van der Waals surface area contributed by atoms with Crippen LogP contribution in [0.15, 0.2) is 53.6 Å². The number of nitrogen functional groups attached to an aromatic ring is 1. The first-order valence-electron chi connectivity index (χ1n) is 11.2. The predicted molar refractivity (Wildman–Crippen MR) is 131 cm³/mol. The first kappa shape index (κ1) is 22.5. The number of anilines is 1. The quantitative estimate of drug-likeness (QED) is 0.583. The molecule has 0 radical (unpaired) electrons. The molecule has 0 unspecified atom stereocenters. The molecule has 0 bridgehead atoms. The Labute approximate surface area is 199 Å². The second kappa shape index (κ2) is 7.89. The Bertz CT molecular complexity index is 1400. The zero-order valence-electron chi connectivity index (χ0n) is 19.4. The summed E-state index contributed by atoms with van der Waals surface area (Å²) >= 11 is 0. The lowest BCUT2D eigenvalue weighted by molar-refractivity contribution is 0.0930. The molecule has 8 nitrogen and oxygen atoms in total. The van der Waals surface area contributed by atoms with Crippen molar-refractivity contribution in [3.8, 4) is 22.5 Å². The Kier molecular flexibility index (Phi) is 5.22. The molecule has 2 aromatic carbocycles. The SMILES string of the molecule is CN(C1CC1)S(=O)(=O)c1ccc(-c2cnc(N)c(-c3ccc4c(c3)C(C)(C)CNC4=O)n2)cc1. The van der Waals surface area contributed by atoms with Crippen molar-refractivity contribution in [3.05, 3.63) is 59.8 Å². The van der Waals surface area contributed by atoms with E-state index in [1.807, 2.05) is 12.1 Å². The van der Waals surface area contributed by atoms with Crippen LogP contribution >= 0.6 is 0 Å². The van der Waals surface area contributed by atoms with Crippen LogP contribution in [0.3, 0.4) is 0 Å². The number of hydrogen-bond donors (Lipinski definition) is 2. The highest BCUT2D eigenvalue weighted by Gasteiger charge is 2.35. The first-order valence-corrected chi connectivity index (χ1v) is 12.7. The van der Waals surface area contributed by atoms with Gasteiger partial charge in [0.25, 0.3) is 5.91 Å². The summed E-state index contributed by atoms with van der Waals surface area (Å²) in [5.41, 5.74) is 10.2. The van der Waals surface area contributed by atoms with E-state index in [0.717, 1.165) is 29.5 Å². The predicted octanol–water partition coefficient (Wildman–Crippen LogP) is 3.20. The molecule has 1 aliphatic heterocycles. The van der Waals surface area contributed by atoms with Crippen LogP contribution < -0.4 is 11.1 Å². The van der Waals surface area contributed by atoms with Gasteiger partial charge in [0.2, 0.25) is 10.0 Å². The molecule has 0 atom stereocenters. The maximum absolute atomic E-state index is 12.8. The lowest BCUT2D eigenvalue weighted by Crippen LogP contribution is -2.43. The van der Waals surface area contributed by atoms with E-state index < -0.39 is 10.0 Å². The molecule has 3 aromatic rings. The third-order valence-corrected chi connectivity index (χ3v) is 8.57. The molecule has 176 valence electrons. The highest BCUT2D eigenvalue weighted by Crippen LogP contribution is 2.35. The molecule has 2 heterocycles. The van der Waals surface area contributed by atoms with Gasteiger partial charge in [-0.2, -0.15) is 4.31 Å². The summed E-state index contributed by atoms with van der Waals surface area (Å²) in [6.07, 6.45) is 3.39. The number of fused-ring (bicyclic) bond motifs is 1. The number of carbonyl (C=O) groups is 1. The summed E-state index contributed by atoms with van der Waals surface area (Å²) in [6, 6.07) is 12.3. The maximum Gasteiger partial charge on any atom is 0.251 e. The number of aromatic nitrogens is 2. The number of nitrogens with one attached hydrogen (secondary N) is 1. The topological polar surface area (TPSA) is 118 Å². The third-order valence-electron chi connectivity index (χ3n) is 6.65. The summed E-state index contributed by atoms with van der Waals surface area (Å²) in [7, 11) is -1.89. The maximum atomic E-state index is 12.8.